The van der Waals surface area contributed by atoms with Gasteiger partial charge in [0.05, 0.1) is 22.6 Å². The van der Waals surface area contributed by atoms with Crippen LogP contribution in [0.15, 0.2) is 73.2 Å². The fraction of sp³-hybridized carbons (Fsp3) is 0.111. The number of hydrogen-bond acceptors (Lipinski definition) is 5. The molecule has 6 rings (SSSR count). The number of aromatic nitrogens is 6. The predicted octanol–water partition coefficient (Wildman–Crippen LogP) is 6.19. The van der Waals surface area contributed by atoms with Crippen LogP contribution in [0.2, 0.25) is 0 Å². The van der Waals surface area contributed by atoms with Gasteiger partial charge in [0.25, 0.3) is 0 Å². The topological polar surface area (TPSA) is 95.2 Å². The maximum Gasteiger partial charge on any atom is 0.138 e. The van der Waals surface area contributed by atoms with Gasteiger partial charge in [0.15, 0.2) is 0 Å². The van der Waals surface area contributed by atoms with Crippen LogP contribution in [-0.4, -0.2) is 36.2 Å². The molecule has 35 heavy (non-hydrogen) atoms. The quantitative estimate of drug-likeness (QED) is 0.283. The van der Waals surface area contributed by atoms with Gasteiger partial charge in [-0.15, -0.1) is 0 Å². The van der Waals surface area contributed by atoms with E-state index in [1.54, 1.807) is 24.5 Å². The smallest absolute Gasteiger partial charge is 0.138 e. The zero-order valence-corrected chi connectivity index (χ0v) is 19.2. The Bertz CT molecular complexity index is 1670. The van der Waals surface area contributed by atoms with Gasteiger partial charge in [-0.1, -0.05) is 12.1 Å². The van der Waals surface area contributed by atoms with Crippen LogP contribution in [0, 0.1) is 5.82 Å². The van der Waals surface area contributed by atoms with Crippen LogP contribution in [0.1, 0.15) is 13.8 Å². The molecule has 172 valence electrons. The molecule has 0 aliphatic heterocycles. The van der Waals surface area contributed by atoms with E-state index < -0.39 is 0 Å². The lowest BCUT2D eigenvalue weighted by Crippen LogP contribution is -2.09. The maximum absolute atomic E-state index is 13.4. The molecule has 7 nitrogen and oxygen atoms in total. The number of nitrogens with one attached hydrogen (secondary N) is 3. The van der Waals surface area contributed by atoms with E-state index in [0.717, 1.165) is 55.8 Å². The van der Waals surface area contributed by atoms with Crippen molar-refractivity contribution in [2.45, 2.75) is 19.9 Å². The second-order valence-corrected chi connectivity index (χ2v) is 8.74. The SMILES string of the molecule is CC(C)Nc1cncc(-c2ccc3[nH]nc(-c4cc5c(-c6ccc(F)cc6)ccnc5[nH]4)c3n2)c1. The molecular formula is C27H22FN7. The third-order valence-electron chi connectivity index (χ3n) is 5.84. The lowest BCUT2D eigenvalue weighted by atomic mass is 10.0. The van der Waals surface area contributed by atoms with Gasteiger partial charge in [0.1, 0.15) is 22.7 Å². The molecule has 0 fully saturated rings. The molecule has 0 amide bonds. The van der Waals surface area contributed by atoms with Crippen molar-refractivity contribution in [3.8, 4) is 33.8 Å². The summed E-state index contributed by atoms with van der Waals surface area (Å²) < 4.78 is 13.4. The summed E-state index contributed by atoms with van der Waals surface area (Å²) in [4.78, 5) is 17.2. The molecule has 0 saturated heterocycles. The van der Waals surface area contributed by atoms with E-state index in [9.17, 15) is 4.39 Å². The molecule has 5 aromatic heterocycles. The van der Waals surface area contributed by atoms with Crippen molar-refractivity contribution in [1.82, 2.24) is 30.1 Å². The monoisotopic (exact) mass is 463 g/mol. The summed E-state index contributed by atoms with van der Waals surface area (Å²) in [5.41, 5.74) is 8.36. The van der Waals surface area contributed by atoms with Gasteiger partial charge in [0, 0.05) is 35.6 Å². The number of halogens is 1. The first-order valence-corrected chi connectivity index (χ1v) is 11.4. The van der Waals surface area contributed by atoms with E-state index >= 15 is 0 Å². The van der Waals surface area contributed by atoms with E-state index in [-0.39, 0.29) is 5.82 Å². The van der Waals surface area contributed by atoms with E-state index in [1.807, 2.05) is 36.5 Å². The summed E-state index contributed by atoms with van der Waals surface area (Å²) in [5, 5.41) is 11.9. The van der Waals surface area contributed by atoms with E-state index in [2.05, 4.69) is 44.3 Å². The van der Waals surface area contributed by atoms with Crippen LogP contribution < -0.4 is 5.32 Å². The van der Waals surface area contributed by atoms with Crippen molar-refractivity contribution in [3.63, 3.8) is 0 Å². The van der Waals surface area contributed by atoms with Crippen molar-refractivity contribution in [3.05, 3.63) is 79.0 Å². The maximum atomic E-state index is 13.4. The molecule has 0 saturated carbocycles. The highest BCUT2D eigenvalue weighted by molar-refractivity contribution is 5.99. The van der Waals surface area contributed by atoms with Gasteiger partial charge in [-0.2, -0.15) is 5.10 Å². The highest BCUT2D eigenvalue weighted by Crippen LogP contribution is 2.33. The zero-order chi connectivity index (χ0) is 23.9. The predicted molar refractivity (Wildman–Crippen MR) is 136 cm³/mol. The Morgan fingerprint density at radius 1 is 0.943 bits per heavy atom. The van der Waals surface area contributed by atoms with Gasteiger partial charge in [-0.25, -0.2) is 14.4 Å². The lowest BCUT2D eigenvalue weighted by molar-refractivity contribution is 0.628. The fourth-order valence-electron chi connectivity index (χ4n) is 4.28. The van der Waals surface area contributed by atoms with Crippen molar-refractivity contribution < 1.29 is 4.39 Å². The Morgan fingerprint density at radius 2 is 1.80 bits per heavy atom. The second kappa shape index (κ2) is 8.32. The summed E-state index contributed by atoms with van der Waals surface area (Å²) in [5.74, 6) is -0.264. The molecule has 0 radical (unpaired) electrons. The highest BCUT2D eigenvalue weighted by atomic mass is 19.1. The summed E-state index contributed by atoms with van der Waals surface area (Å²) in [6.45, 7) is 4.18. The van der Waals surface area contributed by atoms with Gasteiger partial charge < -0.3 is 10.3 Å². The van der Waals surface area contributed by atoms with Crippen molar-refractivity contribution in [2.75, 3.05) is 5.32 Å². The second-order valence-electron chi connectivity index (χ2n) is 8.74. The number of nitrogens with zero attached hydrogens (tertiary/aromatic N) is 4. The minimum absolute atomic E-state index is 0.264. The number of H-pyrrole nitrogens is 2. The minimum Gasteiger partial charge on any atom is -0.382 e. The van der Waals surface area contributed by atoms with Gasteiger partial charge >= 0.3 is 0 Å². The number of pyridine rings is 3. The number of benzene rings is 1. The Balaban J connectivity index is 1.44. The van der Waals surface area contributed by atoms with Crippen LogP contribution in [-0.2, 0) is 0 Å². The van der Waals surface area contributed by atoms with E-state index in [4.69, 9.17) is 4.98 Å². The molecule has 5 heterocycles. The number of rotatable bonds is 5. The molecular weight excluding hydrogens is 441 g/mol. The standard InChI is InChI=1S/C27H22FN7/c1-15(2)31-19-11-17(13-29-14-19)22-7-8-23-25(32-22)26(35-34-23)24-12-21-20(9-10-30-27(21)33-24)16-3-5-18(28)6-4-16/h3-15,31H,1-2H3,(H,30,33)(H,34,35). The molecule has 0 atom stereocenters. The van der Waals surface area contributed by atoms with Crippen LogP contribution in [0.4, 0.5) is 10.1 Å². The Hall–Kier alpha value is -4.59. The third kappa shape index (κ3) is 3.89. The molecule has 0 aliphatic rings. The van der Waals surface area contributed by atoms with E-state index in [0.29, 0.717) is 11.7 Å². The third-order valence-corrected chi connectivity index (χ3v) is 5.84. The number of hydrogen-bond donors (Lipinski definition) is 3. The van der Waals surface area contributed by atoms with Crippen molar-refractivity contribution >= 4 is 27.8 Å². The van der Waals surface area contributed by atoms with Crippen LogP contribution in [0.3, 0.4) is 0 Å². The number of aromatic amines is 2. The summed E-state index contributed by atoms with van der Waals surface area (Å²) >= 11 is 0. The van der Waals surface area contributed by atoms with E-state index in [1.165, 1.54) is 12.1 Å². The summed E-state index contributed by atoms with van der Waals surface area (Å²) in [7, 11) is 0. The van der Waals surface area contributed by atoms with Crippen LogP contribution in [0.25, 0.3) is 55.8 Å². The number of fused-ring (bicyclic) bond motifs is 2. The van der Waals surface area contributed by atoms with Gasteiger partial charge in [-0.3, -0.25) is 10.1 Å². The average molecular weight is 464 g/mol. The first kappa shape index (κ1) is 21.0. The molecule has 0 aliphatic carbocycles. The van der Waals surface area contributed by atoms with Gasteiger partial charge in [-0.05, 0) is 67.4 Å². The molecule has 6 aromatic rings. The van der Waals surface area contributed by atoms with Crippen molar-refractivity contribution in [1.29, 1.82) is 0 Å². The highest BCUT2D eigenvalue weighted by Gasteiger charge is 2.16. The number of anilines is 1. The fourth-order valence-corrected chi connectivity index (χ4v) is 4.28. The molecule has 0 spiro atoms. The Morgan fingerprint density at radius 3 is 2.63 bits per heavy atom. The molecule has 3 N–H and O–H groups in total. The average Bonchev–Trinajstić information content (AvgIpc) is 3.48. The lowest BCUT2D eigenvalue weighted by Gasteiger charge is -2.10. The first-order chi connectivity index (χ1) is 17.0. The molecule has 0 unspecified atom stereocenters. The minimum atomic E-state index is -0.264. The van der Waals surface area contributed by atoms with Crippen LogP contribution in [0.5, 0.6) is 0 Å². The van der Waals surface area contributed by atoms with Crippen LogP contribution >= 0.6 is 0 Å². The summed E-state index contributed by atoms with van der Waals surface area (Å²) in [6, 6.07) is 16.7. The zero-order valence-electron chi connectivity index (χ0n) is 19.2. The largest absolute Gasteiger partial charge is 0.382 e. The summed E-state index contributed by atoms with van der Waals surface area (Å²) in [6.07, 6.45) is 5.36. The Kier molecular flexibility index (Phi) is 4.99. The molecule has 8 heteroatoms. The molecule has 0 bridgehead atoms. The Labute approximate surface area is 200 Å². The normalized spacial score (nSPS) is 11.5. The first-order valence-electron chi connectivity index (χ1n) is 11.4. The van der Waals surface area contributed by atoms with Crippen molar-refractivity contribution in [2.24, 2.45) is 0 Å². The van der Waals surface area contributed by atoms with Gasteiger partial charge in [0.2, 0.25) is 0 Å². The molecule has 1 aromatic carbocycles.